The Bertz CT molecular complexity index is 1530. The first-order valence-electron chi connectivity index (χ1n) is 15.0. The van der Waals surface area contributed by atoms with Gasteiger partial charge in [0, 0.05) is 12.3 Å². The van der Waals surface area contributed by atoms with E-state index in [0.29, 0.717) is 16.7 Å². The van der Waals surface area contributed by atoms with E-state index in [0.717, 1.165) is 16.3 Å². The first kappa shape index (κ1) is 31.9. The SMILES string of the molecule is CC(=O)CC[C@@]1(C(=O)OC(C)C)c2cc(C)ccc2C(C(=O)OC(C)C)(C(=O)OC(C)C)[C@@H]1c1ccc2ccccc2c1. The second kappa shape index (κ2) is 12.3. The molecule has 0 bridgehead atoms. The Balaban J connectivity index is 2.23. The average Bonchev–Trinajstić information content (AvgIpc) is 3.18. The highest BCUT2D eigenvalue weighted by Gasteiger charge is 2.72. The number of esters is 3. The van der Waals surface area contributed by atoms with Crippen molar-refractivity contribution in [3.8, 4) is 0 Å². The summed E-state index contributed by atoms with van der Waals surface area (Å²) < 4.78 is 17.7. The van der Waals surface area contributed by atoms with Crippen LogP contribution in [0, 0.1) is 6.92 Å². The fraction of sp³-hybridized carbons (Fsp3) is 0.444. The number of aryl methyl sites for hydroxylation is 1. The Morgan fingerprint density at radius 3 is 1.81 bits per heavy atom. The van der Waals surface area contributed by atoms with Crippen molar-refractivity contribution < 1.29 is 33.4 Å². The highest BCUT2D eigenvalue weighted by atomic mass is 16.6. The minimum Gasteiger partial charge on any atom is -0.462 e. The van der Waals surface area contributed by atoms with Crippen molar-refractivity contribution in [1.29, 1.82) is 0 Å². The summed E-state index contributed by atoms with van der Waals surface area (Å²) in [6.45, 7) is 13.7. The topological polar surface area (TPSA) is 96.0 Å². The van der Waals surface area contributed by atoms with Crippen LogP contribution < -0.4 is 0 Å². The van der Waals surface area contributed by atoms with Gasteiger partial charge < -0.3 is 19.0 Å². The number of ketones is 1. The van der Waals surface area contributed by atoms with E-state index in [1.807, 2.05) is 61.5 Å². The quantitative estimate of drug-likeness (QED) is 0.149. The zero-order chi connectivity index (χ0) is 31.7. The van der Waals surface area contributed by atoms with Gasteiger partial charge in [0.1, 0.15) is 11.2 Å². The summed E-state index contributed by atoms with van der Waals surface area (Å²) in [6.07, 6.45) is -1.56. The van der Waals surface area contributed by atoms with Crippen LogP contribution in [0.3, 0.4) is 0 Å². The third kappa shape index (κ3) is 5.69. The molecule has 1 aliphatic rings. The summed E-state index contributed by atoms with van der Waals surface area (Å²) in [6, 6.07) is 18.8. The predicted octanol–water partition coefficient (Wildman–Crippen LogP) is 6.65. The summed E-state index contributed by atoms with van der Waals surface area (Å²) in [5.41, 5.74) is -1.46. The van der Waals surface area contributed by atoms with Gasteiger partial charge in [0.05, 0.1) is 18.3 Å². The van der Waals surface area contributed by atoms with Gasteiger partial charge in [-0.05, 0) is 89.3 Å². The molecular weight excluding hydrogens is 544 g/mol. The van der Waals surface area contributed by atoms with Crippen molar-refractivity contribution in [2.24, 2.45) is 0 Å². The van der Waals surface area contributed by atoms with Crippen molar-refractivity contribution in [2.45, 2.75) is 103 Å². The molecule has 0 unspecified atom stereocenters. The monoisotopic (exact) mass is 586 g/mol. The van der Waals surface area contributed by atoms with Crippen LogP contribution in [0.5, 0.6) is 0 Å². The van der Waals surface area contributed by atoms with Crippen molar-refractivity contribution in [1.82, 2.24) is 0 Å². The number of hydrogen-bond donors (Lipinski definition) is 0. The lowest BCUT2D eigenvalue weighted by Gasteiger charge is -2.41. The molecule has 0 saturated heterocycles. The van der Waals surface area contributed by atoms with Gasteiger partial charge in [-0.1, -0.05) is 66.2 Å². The highest BCUT2D eigenvalue weighted by molar-refractivity contribution is 6.12. The van der Waals surface area contributed by atoms with Gasteiger partial charge in [-0.15, -0.1) is 0 Å². The third-order valence-electron chi connectivity index (χ3n) is 8.02. The van der Waals surface area contributed by atoms with Crippen LogP contribution in [0.15, 0.2) is 60.7 Å². The number of rotatable bonds is 10. The number of Topliss-reactive ketones (excluding diaryl/α,β-unsaturated/α-hetero) is 1. The second-order valence-corrected chi connectivity index (χ2v) is 12.4. The Morgan fingerprint density at radius 1 is 0.698 bits per heavy atom. The van der Waals surface area contributed by atoms with E-state index in [1.54, 1.807) is 47.6 Å². The smallest absolute Gasteiger partial charge is 0.329 e. The number of ether oxygens (including phenoxy) is 3. The third-order valence-corrected chi connectivity index (χ3v) is 8.02. The largest absolute Gasteiger partial charge is 0.462 e. The Labute approximate surface area is 253 Å². The lowest BCUT2D eigenvalue weighted by Crippen LogP contribution is -2.55. The molecule has 4 rings (SSSR count). The Hall–Kier alpha value is -4.00. The molecule has 7 heteroatoms. The van der Waals surface area contributed by atoms with Gasteiger partial charge in [0.2, 0.25) is 0 Å². The number of carbonyl (C=O) groups is 4. The van der Waals surface area contributed by atoms with E-state index in [9.17, 15) is 19.2 Å². The summed E-state index contributed by atoms with van der Waals surface area (Å²) in [5.74, 6) is -3.48. The van der Waals surface area contributed by atoms with Crippen molar-refractivity contribution in [3.05, 3.63) is 82.9 Å². The molecule has 7 nitrogen and oxygen atoms in total. The maximum Gasteiger partial charge on any atom is 0.329 e. The van der Waals surface area contributed by atoms with E-state index in [2.05, 4.69) is 0 Å². The van der Waals surface area contributed by atoms with Crippen LogP contribution in [-0.2, 0) is 44.2 Å². The first-order chi connectivity index (χ1) is 20.2. The minimum absolute atomic E-state index is 0.0213. The molecule has 43 heavy (non-hydrogen) atoms. The molecule has 0 spiro atoms. The molecule has 0 radical (unpaired) electrons. The second-order valence-electron chi connectivity index (χ2n) is 12.4. The predicted molar refractivity (Wildman–Crippen MR) is 165 cm³/mol. The van der Waals surface area contributed by atoms with Crippen LogP contribution in [0.4, 0.5) is 0 Å². The van der Waals surface area contributed by atoms with Crippen molar-refractivity contribution >= 4 is 34.5 Å². The van der Waals surface area contributed by atoms with Crippen LogP contribution >= 0.6 is 0 Å². The molecular formula is C36H42O7. The van der Waals surface area contributed by atoms with Crippen molar-refractivity contribution in [2.75, 3.05) is 0 Å². The van der Waals surface area contributed by atoms with E-state index < -0.39 is 53.0 Å². The molecule has 0 fully saturated rings. The normalized spacial score (nSPS) is 19.0. The van der Waals surface area contributed by atoms with Crippen molar-refractivity contribution in [3.63, 3.8) is 0 Å². The lowest BCUT2D eigenvalue weighted by atomic mass is 9.61. The fourth-order valence-corrected chi connectivity index (χ4v) is 6.43. The molecule has 0 aliphatic heterocycles. The maximum absolute atomic E-state index is 14.7. The van der Waals surface area contributed by atoms with Crippen LogP contribution in [-0.4, -0.2) is 42.0 Å². The van der Waals surface area contributed by atoms with E-state index in [-0.39, 0.29) is 18.6 Å². The van der Waals surface area contributed by atoms with Crippen LogP contribution in [0.1, 0.15) is 89.5 Å². The fourth-order valence-electron chi connectivity index (χ4n) is 6.43. The standard InChI is InChI=1S/C36H42O7/c1-21(2)41-32(38)35(18-17-25(8)37)30-19-24(7)13-16-29(30)36(33(39)42-22(3)4,34(40)43-23(5)6)31(35)28-15-14-26-11-9-10-12-27(26)20-28/h9-16,19-23,31H,17-18H2,1-8H3/t31-,35-/m1/s1. The Morgan fingerprint density at radius 2 is 1.26 bits per heavy atom. The van der Waals surface area contributed by atoms with E-state index in [1.165, 1.54) is 6.92 Å². The molecule has 0 N–H and O–H groups in total. The van der Waals surface area contributed by atoms with E-state index >= 15 is 0 Å². The van der Waals surface area contributed by atoms with Crippen LogP contribution in [0.25, 0.3) is 10.8 Å². The Kier molecular flexibility index (Phi) is 9.14. The summed E-state index contributed by atoms with van der Waals surface area (Å²) >= 11 is 0. The summed E-state index contributed by atoms with van der Waals surface area (Å²) in [4.78, 5) is 56.5. The number of carbonyl (C=O) groups excluding carboxylic acids is 4. The zero-order valence-corrected chi connectivity index (χ0v) is 26.4. The molecule has 0 saturated carbocycles. The van der Waals surface area contributed by atoms with Gasteiger partial charge in [-0.3, -0.25) is 14.4 Å². The lowest BCUT2D eigenvalue weighted by molar-refractivity contribution is -0.173. The average molecular weight is 587 g/mol. The molecule has 0 amide bonds. The van der Waals surface area contributed by atoms with Gasteiger partial charge in [0.15, 0.2) is 5.41 Å². The zero-order valence-electron chi connectivity index (χ0n) is 26.4. The van der Waals surface area contributed by atoms with Gasteiger partial charge in [-0.2, -0.15) is 0 Å². The molecule has 228 valence electrons. The molecule has 1 aliphatic carbocycles. The number of hydrogen-bond acceptors (Lipinski definition) is 7. The van der Waals surface area contributed by atoms with Crippen LogP contribution in [0.2, 0.25) is 0 Å². The minimum atomic E-state index is -2.06. The maximum atomic E-state index is 14.7. The number of fused-ring (bicyclic) bond motifs is 2. The molecule has 3 aromatic rings. The van der Waals surface area contributed by atoms with Gasteiger partial charge >= 0.3 is 17.9 Å². The van der Waals surface area contributed by atoms with E-state index in [4.69, 9.17) is 14.2 Å². The number of benzene rings is 3. The molecule has 3 aromatic carbocycles. The summed E-state index contributed by atoms with van der Waals surface area (Å²) in [5, 5.41) is 1.82. The van der Waals surface area contributed by atoms with Gasteiger partial charge in [0.25, 0.3) is 0 Å². The molecule has 2 atom stereocenters. The van der Waals surface area contributed by atoms with Gasteiger partial charge in [-0.25, -0.2) is 0 Å². The molecule has 0 aromatic heterocycles. The molecule has 0 heterocycles. The summed E-state index contributed by atoms with van der Waals surface area (Å²) in [7, 11) is 0. The first-order valence-corrected chi connectivity index (χ1v) is 15.0. The highest BCUT2D eigenvalue weighted by Crippen LogP contribution is 2.63.